The summed E-state index contributed by atoms with van der Waals surface area (Å²) in [5.41, 5.74) is 1.31. The fourth-order valence-electron chi connectivity index (χ4n) is 1.97. The van der Waals surface area contributed by atoms with Gasteiger partial charge >= 0.3 is 5.63 Å². The highest BCUT2D eigenvalue weighted by molar-refractivity contribution is 9.10. The zero-order valence-electron chi connectivity index (χ0n) is 9.76. The minimum Gasteiger partial charge on any atom is -0.508 e. The molecule has 0 bridgehead atoms. The monoisotopic (exact) mass is 316 g/mol. The van der Waals surface area contributed by atoms with Gasteiger partial charge in [-0.2, -0.15) is 0 Å². The van der Waals surface area contributed by atoms with Crippen molar-refractivity contribution in [2.75, 3.05) is 0 Å². The van der Waals surface area contributed by atoms with Gasteiger partial charge < -0.3 is 9.52 Å². The largest absolute Gasteiger partial charge is 0.508 e. The van der Waals surface area contributed by atoms with Crippen molar-refractivity contribution < 1.29 is 9.52 Å². The molecule has 1 N–H and O–H groups in total. The van der Waals surface area contributed by atoms with Crippen molar-refractivity contribution in [2.24, 2.45) is 0 Å². The van der Waals surface area contributed by atoms with E-state index < -0.39 is 5.63 Å². The standard InChI is InChI=1S/C15H9BrO3/c16-11-3-1-2-9(6-11)13-8-10-7-12(17)4-5-14(10)19-15(13)18/h1-8,17H. The molecule has 0 aliphatic heterocycles. The molecule has 0 saturated heterocycles. The smallest absolute Gasteiger partial charge is 0.344 e. The summed E-state index contributed by atoms with van der Waals surface area (Å²) in [4.78, 5) is 12.0. The third-order valence-electron chi connectivity index (χ3n) is 2.85. The van der Waals surface area contributed by atoms with Crippen LogP contribution in [0.3, 0.4) is 0 Å². The van der Waals surface area contributed by atoms with Gasteiger partial charge in [-0.3, -0.25) is 0 Å². The van der Waals surface area contributed by atoms with Crippen LogP contribution >= 0.6 is 15.9 Å². The number of halogens is 1. The van der Waals surface area contributed by atoms with E-state index >= 15 is 0 Å². The molecule has 3 rings (SSSR count). The van der Waals surface area contributed by atoms with Crippen LogP contribution in [-0.2, 0) is 0 Å². The van der Waals surface area contributed by atoms with Crippen LogP contribution in [0.1, 0.15) is 0 Å². The highest BCUT2D eigenvalue weighted by atomic mass is 79.9. The van der Waals surface area contributed by atoms with Gasteiger partial charge in [0.15, 0.2) is 0 Å². The molecule has 0 aliphatic carbocycles. The first-order valence-electron chi connectivity index (χ1n) is 5.66. The van der Waals surface area contributed by atoms with E-state index in [0.717, 1.165) is 10.0 Å². The second kappa shape index (κ2) is 4.55. The van der Waals surface area contributed by atoms with Crippen molar-refractivity contribution in [3.05, 3.63) is 63.4 Å². The Balaban J connectivity index is 2.29. The minimum atomic E-state index is -0.392. The van der Waals surface area contributed by atoms with Crippen LogP contribution in [0.2, 0.25) is 0 Å². The molecule has 1 aromatic heterocycles. The third-order valence-corrected chi connectivity index (χ3v) is 3.34. The maximum Gasteiger partial charge on any atom is 0.344 e. The fourth-order valence-corrected chi connectivity index (χ4v) is 2.37. The predicted molar refractivity (Wildman–Crippen MR) is 77.3 cm³/mol. The molecule has 0 spiro atoms. The molecule has 0 unspecified atom stereocenters. The lowest BCUT2D eigenvalue weighted by atomic mass is 10.1. The van der Waals surface area contributed by atoms with Crippen LogP contribution in [0.5, 0.6) is 5.75 Å². The van der Waals surface area contributed by atoms with Gasteiger partial charge in [0.05, 0.1) is 5.56 Å². The molecule has 0 radical (unpaired) electrons. The lowest BCUT2D eigenvalue weighted by molar-refractivity contribution is 0.475. The SMILES string of the molecule is O=c1oc2ccc(O)cc2cc1-c1cccc(Br)c1. The number of hydrogen-bond donors (Lipinski definition) is 1. The van der Waals surface area contributed by atoms with Crippen LogP contribution in [-0.4, -0.2) is 5.11 Å². The summed E-state index contributed by atoms with van der Waals surface area (Å²) >= 11 is 3.37. The Morgan fingerprint density at radius 2 is 1.89 bits per heavy atom. The average molecular weight is 317 g/mol. The average Bonchev–Trinajstić information content (AvgIpc) is 2.38. The van der Waals surface area contributed by atoms with Gasteiger partial charge in [0, 0.05) is 9.86 Å². The first-order valence-corrected chi connectivity index (χ1v) is 6.45. The van der Waals surface area contributed by atoms with E-state index in [1.165, 1.54) is 6.07 Å². The molecule has 19 heavy (non-hydrogen) atoms. The van der Waals surface area contributed by atoms with Crippen LogP contribution in [0.15, 0.2) is 62.2 Å². The number of phenolic OH excluding ortho intramolecular Hbond substituents is 1. The fraction of sp³-hybridized carbons (Fsp3) is 0. The van der Waals surface area contributed by atoms with Crippen molar-refractivity contribution in [1.82, 2.24) is 0 Å². The first kappa shape index (κ1) is 12.0. The molecular weight excluding hydrogens is 308 g/mol. The number of aromatic hydroxyl groups is 1. The normalized spacial score (nSPS) is 10.8. The summed E-state index contributed by atoms with van der Waals surface area (Å²) in [5.74, 6) is 0.140. The van der Waals surface area contributed by atoms with Crippen molar-refractivity contribution >= 4 is 26.9 Å². The van der Waals surface area contributed by atoms with Crippen molar-refractivity contribution in [1.29, 1.82) is 0 Å². The van der Waals surface area contributed by atoms with Gasteiger partial charge in [0.2, 0.25) is 0 Å². The number of fused-ring (bicyclic) bond motifs is 1. The summed E-state index contributed by atoms with van der Waals surface area (Å²) in [6, 6.07) is 13.8. The molecule has 0 aliphatic rings. The molecule has 2 aromatic carbocycles. The van der Waals surface area contributed by atoms with Gasteiger partial charge in [-0.05, 0) is 42.0 Å². The quantitative estimate of drug-likeness (QED) is 0.692. The lowest BCUT2D eigenvalue weighted by Gasteiger charge is -2.03. The van der Waals surface area contributed by atoms with Crippen LogP contribution < -0.4 is 5.63 Å². The molecular formula is C15H9BrO3. The maximum absolute atomic E-state index is 12.0. The molecule has 0 fully saturated rings. The third kappa shape index (κ3) is 2.27. The Kier molecular flexibility index (Phi) is 2.87. The van der Waals surface area contributed by atoms with Crippen LogP contribution in [0.4, 0.5) is 0 Å². The van der Waals surface area contributed by atoms with E-state index in [2.05, 4.69) is 15.9 Å². The van der Waals surface area contributed by atoms with Gasteiger partial charge in [0.25, 0.3) is 0 Å². The Hall–Kier alpha value is -2.07. The molecule has 3 aromatic rings. The second-order valence-corrected chi connectivity index (χ2v) is 5.10. The maximum atomic E-state index is 12.0. The van der Waals surface area contributed by atoms with E-state index in [9.17, 15) is 9.90 Å². The van der Waals surface area contributed by atoms with Gasteiger partial charge in [-0.25, -0.2) is 4.79 Å². The van der Waals surface area contributed by atoms with E-state index in [1.807, 2.05) is 24.3 Å². The molecule has 0 atom stereocenters. The second-order valence-electron chi connectivity index (χ2n) is 4.18. The minimum absolute atomic E-state index is 0.140. The number of phenols is 1. The van der Waals surface area contributed by atoms with Crippen molar-refractivity contribution in [2.45, 2.75) is 0 Å². The summed E-state index contributed by atoms with van der Waals surface area (Å²) < 4.78 is 6.15. The van der Waals surface area contributed by atoms with Crippen molar-refractivity contribution in [3.8, 4) is 16.9 Å². The number of rotatable bonds is 1. The zero-order valence-corrected chi connectivity index (χ0v) is 11.3. The lowest BCUT2D eigenvalue weighted by Crippen LogP contribution is -2.02. The molecule has 0 amide bonds. The summed E-state index contributed by atoms with van der Waals surface area (Å²) in [7, 11) is 0. The highest BCUT2D eigenvalue weighted by Crippen LogP contribution is 2.25. The topological polar surface area (TPSA) is 50.4 Å². The van der Waals surface area contributed by atoms with Gasteiger partial charge in [-0.1, -0.05) is 28.1 Å². The molecule has 4 heteroatoms. The van der Waals surface area contributed by atoms with E-state index in [4.69, 9.17) is 4.42 Å². The number of benzene rings is 2. The number of hydrogen-bond acceptors (Lipinski definition) is 3. The Morgan fingerprint density at radius 3 is 2.68 bits per heavy atom. The summed E-state index contributed by atoms with van der Waals surface area (Å²) in [6.07, 6.45) is 0. The highest BCUT2D eigenvalue weighted by Gasteiger charge is 2.08. The molecule has 3 nitrogen and oxygen atoms in total. The molecule has 1 heterocycles. The molecule has 94 valence electrons. The molecule has 0 saturated carbocycles. The Labute approximate surface area is 117 Å². The van der Waals surface area contributed by atoms with E-state index in [0.29, 0.717) is 16.5 Å². The van der Waals surface area contributed by atoms with Gasteiger partial charge in [-0.15, -0.1) is 0 Å². The summed E-state index contributed by atoms with van der Waals surface area (Å²) in [5, 5.41) is 10.2. The van der Waals surface area contributed by atoms with E-state index in [-0.39, 0.29) is 5.75 Å². The Bertz CT molecular complexity index is 821. The zero-order chi connectivity index (χ0) is 13.4. The van der Waals surface area contributed by atoms with Gasteiger partial charge in [0.1, 0.15) is 11.3 Å². The summed E-state index contributed by atoms with van der Waals surface area (Å²) in [6.45, 7) is 0. The first-order chi connectivity index (χ1) is 9.13. The van der Waals surface area contributed by atoms with Crippen molar-refractivity contribution in [3.63, 3.8) is 0 Å². The predicted octanol–water partition coefficient (Wildman–Crippen LogP) is 3.93. The van der Waals surface area contributed by atoms with Crippen LogP contribution in [0, 0.1) is 0 Å². The Morgan fingerprint density at radius 1 is 1.05 bits per heavy atom. The van der Waals surface area contributed by atoms with Crippen LogP contribution in [0.25, 0.3) is 22.1 Å². The van der Waals surface area contributed by atoms with E-state index in [1.54, 1.807) is 18.2 Å².